The highest BCUT2D eigenvalue weighted by molar-refractivity contribution is 7.89. The monoisotopic (exact) mass is 408 g/mol. The number of amides is 1. The molecule has 0 aliphatic heterocycles. The Balaban J connectivity index is 1.61. The van der Waals surface area contributed by atoms with Gasteiger partial charge < -0.3 is 5.32 Å². The highest BCUT2D eigenvalue weighted by atomic mass is 35.5. The first-order valence-corrected chi connectivity index (χ1v) is 9.56. The van der Waals surface area contributed by atoms with E-state index in [0.717, 1.165) is 23.9 Å². The molecule has 1 amide bonds. The maximum absolute atomic E-state index is 13.3. The second-order valence-corrected chi connectivity index (χ2v) is 7.59. The van der Waals surface area contributed by atoms with Gasteiger partial charge in [0.25, 0.3) is 0 Å². The van der Waals surface area contributed by atoms with E-state index in [2.05, 4.69) is 15.1 Å². The van der Waals surface area contributed by atoms with Crippen LogP contribution in [0.2, 0.25) is 5.02 Å². The second kappa shape index (κ2) is 7.87. The number of carbonyl (C=O) groups is 1. The Bertz CT molecular complexity index is 1050. The van der Waals surface area contributed by atoms with Crippen molar-refractivity contribution in [1.29, 1.82) is 0 Å². The van der Waals surface area contributed by atoms with E-state index in [0.29, 0.717) is 5.69 Å². The molecule has 0 saturated carbocycles. The van der Waals surface area contributed by atoms with Gasteiger partial charge in [-0.15, -0.1) is 0 Å². The summed E-state index contributed by atoms with van der Waals surface area (Å²) >= 11 is 5.79. The fourth-order valence-electron chi connectivity index (χ4n) is 2.25. The minimum absolute atomic E-state index is 0.140. The normalized spacial score (nSPS) is 11.3. The number of nitrogens with one attached hydrogen (secondary N) is 2. The molecule has 2 aromatic carbocycles. The Morgan fingerprint density at radius 2 is 1.93 bits per heavy atom. The van der Waals surface area contributed by atoms with E-state index < -0.39 is 33.2 Å². The van der Waals surface area contributed by atoms with E-state index in [1.54, 1.807) is 47.4 Å². The molecule has 140 valence electrons. The molecule has 0 spiro atoms. The van der Waals surface area contributed by atoms with Crippen LogP contribution in [-0.4, -0.2) is 30.7 Å². The molecule has 0 unspecified atom stereocenters. The fourth-order valence-corrected chi connectivity index (χ4v) is 3.74. The zero-order chi connectivity index (χ0) is 19.4. The van der Waals surface area contributed by atoms with Crippen LogP contribution < -0.4 is 10.0 Å². The molecule has 0 aliphatic carbocycles. The van der Waals surface area contributed by atoms with Crippen molar-refractivity contribution < 1.29 is 17.6 Å². The molecule has 3 rings (SSSR count). The summed E-state index contributed by atoms with van der Waals surface area (Å²) in [6.45, 7) is -0.532. The molecule has 7 nitrogen and oxygen atoms in total. The Morgan fingerprint density at radius 3 is 2.59 bits per heavy atom. The number of sulfonamides is 1. The SMILES string of the molecule is O=C(CNS(=O)(=O)c1cc(F)ccc1Cl)Nc1ccc(-n2cccn2)cc1. The summed E-state index contributed by atoms with van der Waals surface area (Å²) in [7, 11) is -4.13. The summed E-state index contributed by atoms with van der Waals surface area (Å²) in [6.07, 6.45) is 3.42. The molecule has 0 atom stereocenters. The number of carbonyl (C=O) groups excluding carboxylic acids is 1. The third kappa shape index (κ3) is 4.70. The predicted molar refractivity (Wildman–Crippen MR) is 98.8 cm³/mol. The number of benzene rings is 2. The molecular weight excluding hydrogens is 395 g/mol. The lowest BCUT2D eigenvalue weighted by molar-refractivity contribution is -0.115. The number of rotatable bonds is 6. The number of nitrogens with zero attached hydrogens (tertiary/aromatic N) is 2. The Hall–Kier alpha value is -2.75. The summed E-state index contributed by atoms with van der Waals surface area (Å²) in [4.78, 5) is 11.6. The number of halogens is 2. The van der Waals surface area contributed by atoms with Crippen molar-refractivity contribution in [2.45, 2.75) is 4.90 Å². The lowest BCUT2D eigenvalue weighted by Crippen LogP contribution is -2.33. The molecule has 27 heavy (non-hydrogen) atoms. The molecular formula is C17H14ClFN4O3S. The highest BCUT2D eigenvalue weighted by Gasteiger charge is 2.19. The number of anilines is 1. The number of hydrogen-bond acceptors (Lipinski definition) is 4. The lowest BCUT2D eigenvalue weighted by atomic mass is 10.3. The molecule has 0 saturated heterocycles. The molecule has 1 aromatic heterocycles. The van der Waals surface area contributed by atoms with Crippen molar-refractivity contribution >= 4 is 33.2 Å². The first kappa shape index (κ1) is 19.0. The number of aromatic nitrogens is 2. The van der Waals surface area contributed by atoms with Crippen LogP contribution in [0.4, 0.5) is 10.1 Å². The van der Waals surface area contributed by atoms with Crippen LogP contribution in [0.25, 0.3) is 5.69 Å². The van der Waals surface area contributed by atoms with E-state index in [9.17, 15) is 17.6 Å². The zero-order valence-corrected chi connectivity index (χ0v) is 15.3. The van der Waals surface area contributed by atoms with Gasteiger partial charge in [-0.05, 0) is 48.5 Å². The van der Waals surface area contributed by atoms with Crippen molar-refractivity contribution in [3.63, 3.8) is 0 Å². The van der Waals surface area contributed by atoms with Crippen LogP contribution in [0.1, 0.15) is 0 Å². The van der Waals surface area contributed by atoms with Crippen molar-refractivity contribution in [3.8, 4) is 5.69 Å². The first-order valence-electron chi connectivity index (χ1n) is 7.70. The van der Waals surface area contributed by atoms with Crippen LogP contribution in [0, 0.1) is 5.82 Å². The molecule has 2 N–H and O–H groups in total. The average molecular weight is 409 g/mol. The van der Waals surface area contributed by atoms with E-state index in [1.807, 2.05) is 0 Å². The molecule has 3 aromatic rings. The minimum atomic E-state index is -4.13. The van der Waals surface area contributed by atoms with Gasteiger partial charge >= 0.3 is 0 Å². The third-order valence-electron chi connectivity index (χ3n) is 3.53. The maximum Gasteiger partial charge on any atom is 0.242 e. The second-order valence-electron chi connectivity index (χ2n) is 5.44. The van der Waals surface area contributed by atoms with Gasteiger partial charge in [-0.2, -0.15) is 5.10 Å². The lowest BCUT2D eigenvalue weighted by Gasteiger charge is -2.10. The molecule has 10 heteroatoms. The quantitative estimate of drug-likeness (QED) is 0.655. The Morgan fingerprint density at radius 1 is 1.19 bits per heavy atom. The van der Waals surface area contributed by atoms with Gasteiger partial charge in [0, 0.05) is 18.1 Å². The molecule has 0 radical (unpaired) electrons. The molecule has 0 bridgehead atoms. The van der Waals surface area contributed by atoms with Crippen molar-refractivity contribution in [1.82, 2.24) is 14.5 Å². The summed E-state index contributed by atoms with van der Waals surface area (Å²) in [6, 6.07) is 11.6. The summed E-state index contributed by atoms with van der Waals surface area (Å²) in [5, 5.41) is 6.51. The predicted octanol–water partition coefficient (Wildman–Crippen LogP) is 2.58. The standard InChI is InChI=1S/C17H14ClFN4O3S/c18-15-7-2-12(19)10-16(15)27(25,26)21-11-17(24)22-13-3-5-14(6-4-13)23-9-1-8-20-23/h1-10,21H,11H2,(H,22,24). The van der Waals surface area contributed by atoms with Crippen LogP contribution in [-0.2, 0) is 14.8 Å². The first-order chi connectivity index (χ1) is 12.8. The third-order valence-corrected chi connectivity index (χ3v) is 5.41. The average Bonchev–Trinajstić information content (AvgIpc) is 3.17. The van der Waals surface area contributed by atoms with E-state index >= 15 is 0 Å². The topological polar surface area (TPSA) is 93.1 Å². The molecule has 0 aliphatic rings. The van der Waals surface area contributed by atoms with E-state index in [4.69, 9.17) is 11.6 Å². The van der Waals surface area contributed by atoms with Crippen LogP contribution >= 0.6 is 11.6 Å². The van der Waals surface area contributed by atoms with E-state index in [1.165, 1.54) is 0 Å². The van der Waals surface area contributed by atoms with Gasteiger partial charge in [-0.3, -0.25) is 4.79 Å². The van der Waals surface area contributed by atoms with Gasteiger partial charge in [0.05, 0.1) is 17.3 Å². The van der Waals surface area contributed by atoms with Crippen molar-refractivity contribution in [3.05, 3.63) is 71.8 Å². The molecule has 0 fully saturated rings. The van der Waals surface area contributed by atoms with Gasteiger partial charge in [-0.25, -0.2) is 22.2 Å². The van der Waals surface area contributed by atoms with Crippen molar-refractivity contribution in [2.24, 2.45) is 0 Å². The van der Waals surface area contributed by atoms with Crippen molar-refractivity contribution in [2.75, 3.05) is 11.9 Å². The maximum atomic E-state index is 13.3. The van der Waals surface area contributed by atoms with Crippen LogP contribution in [0.3, 0.4) is 0 Å². The summed E-state index contributed by atoms with van der Waals surface area (Å²) < 4.78 is 41.4. The van der Waals surface area contributed by atoms with Crippen LogP contribution in [0.5, 0.6) is 0 Å². The number of hydrogen-bond donors (Lipinski definition) is 2. The fraction of sp³-hybridized carbons (Fsp3) is 0.0588. The van der Waals surface area contributed by atoms with Gasteiger partial charge in [-0.1, -0.05) is 11.6 Å². The molecule has 1 heterocycles. The minimum Gasteiger partial charge on any atom is -0.325 e. The zero-order valence-electron chi connectivity index (χ0n) is 13.8. The summed E-state index contributed by atoms with van der Waals surface area (Å²) in [5.74, 6) is -1.33. The van der Waals surface area contributed by atoms with Gasteiger partial charge in [0.2, 0.25) is 15.9 Å². The van der Waals surface area contributed by atoms with Gasteiger partial charge in [0.1, 0.15) is 10.7 Å². The smallest absolute Gasteiger partial charge is 0.242 e. The largest absolute Gasteiger partial charge is 0.325 e. The van der Waals surface area contributed by atoms with E-state index in [-0.39, 0.29) is 5.02 Å². The van der Waals surface area contributed by atoms with Gasteiger partial charge in [0.15, 0.2) is 0 Å². The van der Waals surface area contributed by atoms with Crippen LogP contribution in [0.15, 0.2) is 65.8 Å². The Kier molecular flexibility index (Phi) is 5.54. The Labute approximate surface area is 159 Å². The summed E-state index contributed by atoms with van der Waals surface area (Å²) in [5.41, 5.74) is 1.29. The highest BCUT2D eigenvalue weighted by Crippen LogP contribution is 2.21.